The quantitative estimate of drug-likeness (QED) is 0.619. The van der Waals surface area contributed by atoms with Crippen molar-refractivity contribution in [2.24, 2.45) is 4.99 Å². The van der Waals surface area contributed by atoms with Crippen molar-refractivity contribution < 1.29 is 9.13 Å². The Kier molecular flexibility index (Phi) is 4.88. The fraction of sp³-hybridized carbons (Fsp3) is 0.176. The largest absolute Gasteiger partial charge is 0.455 e. The van der Waals surface area contributed by atoms with Gasteiger partial charge in [-0.2, -0.15) is 0 Å². The summed E-state index contributed by atoms with van der Waals surface area (Å²) in [6, 6.07) is 11.0. The van der Waals surface area contributed by atoms with E-state index in [4.69, 9.17) is 15.9 Å². The molecule has 0 aliphatic rings. The van der Waals surface area contributed by atoms with E-state index in [1.807, 2.05) is 6.92 Å². The Morgan fingerprint density at radius 3 is 2.68 bits per heavy atom. The molecule has 114 valence electrons. The number of anilines is 1. The Hall–Kier alpha value is -2.69. The van der Waals surface area contributed by atoms with Crippen molar-refractivity contribution in [1.82, 2.24) is 0 Å². The summed E-state index contributed by atoms with van der Waals surface area (Å²) in [5, 5.41) is 7.51. The minimum absolute atomic E-state index is 0.373. The number of hydrogen-bond donors (Lipinski definition) is 2. The summed E-state index contributed by atoms with van der Waals surface area (Å²) in [7, 11) is 0. The van der Waals surface area contributed by atoms with Gasteiger partial charge in [0.05, 0.1) is 0 Å². The molecule has 0 aliphatic heterocycles. The first-order valence-electron chi connectivity index (χ1n) is 6.85. The van der Waals surface area contributed by atoms with Crippen LogP contribution >= 0.6 is 0 Å². The van der Waals surface area contributed by atoms with Gasteiger partial charge in [0, 0.05) is 35.7 Å². The van der Waals surface area contributed by atoms with E-state index in [9.17, 15) is 4.39 Å². The molecule has 0 saturated carbocycles. The molecular weight excluding hydrogens is 281 g/mol. The summed E-state index contributed by atoms with van der Waals surface area (Å²) >= 11 is 0. The standard InChI is InChI=1S/C17H18FN3O/c1-11(19)8-12(2)21-16-7-6-14(20)10-17(16)22-15-5-3-4-13(18)9-15/h3-7,9-10,19H,8,20H2,1-2H3. The van der Waals surface area contributed by atoms with Gasteiger partial charge in [-0.15, -0.1) is 0 Å². The van der Waals surface area contributed by atoms with E-state index in [1.165, 1.54) is 12.1 Å². The normalized spacial score (nSPS) is 11.3. The van der Waals surface area contributed by atoms with Crippen molar-refractivity contribution in [2.75, 3.05) is 5.73 Å². The average molecular weight is 299 g/mol. The van der Waals surface area contributed by atoms with Crippen LogP contribution in [0.4, 0.5) is 15.8 Å². The summed E-state index contributed by atoms with van der Waals surface area (Å²) in [5.74, 6) is 0.456. The molecule has 4 nitrogen and oxygen atoms in total. The lowest BCUT2D eigenvalue weighted by atomic mass is 10.2. The fourth-order valence-electron chi connectivity index (χ4n) is 1.99. The zero-order valence-electron chi connectivity index (χ0n) is 12.6. The van der Waals surface area contributed by atoms with Gasteiger partial charge in [0.15, 0.2) is 5.75 Å². The van der Waals surface area contributed by atoms with E-state index in [1.54, 1.807) is 37.3 Å². The lowest BCUT2D eigenvalue weighted by Gasteiger charge is -2.10. The van der Waals surface area contributed by atoms with Crippen LogP contribution < -0.4 is 10.5 Å². The van der Waals surface area contributed by atoms with Crippen molar-refractivity contribution >= 4 is 22.8 Å². The Labute approximate surface area is 129 Å². The molecule has 0 radical (unpaired) electrons. The van der Waals surface area contributed by atoms with E-state index in [-0.39, 0.29) is 5.82 Å². The summed E-state index contributed by atoms with van der Waals surface area (Å²) in [6.07, 6.45) is 0.490. The molecule has 0 amide bonds. The lowest BCUT2D eigenvalue weighted by Crippen LogP contribution is -1.99. The third kappa shape index (κ3) is 4.41. The molecular formula is C17H18FN3O. The van der Waals surface area contributed by atoms with Crippen molar-refractivity contribution in [3.05, 3.63) is 48.3 Å². The second-order valence-corrected chi connectivity index (χ2v) is 5.09. The van der Waals surface area contributed by atoms with Crippen LogP contribution in [-0.4, -0.2) is 11.4 Å². The molecule has 0 aliphatic carbocycles. The first-order valence-corrected chi connectivity index (χ1v) is 6.85. The molecule has 3 N–H and O–H groups in total. The highest BCUT2D eigenvalue weighted by molar-refractivity contribution is 6.02. The first-order chi connectivity index (χ1) is 10.4. The van der Waals surface area contributed by atoms with E-state index in [0.29, 0.717) is 35.0 Å². The molecule has 0 unspecified atom stereocenters. The van der Waals surface area contributed by atoms with Gasteiger partial charge < -0.3 is 15.9 Å². The number of benzene rings is 2. The maximum Gasteiger partial charge on any atom is 0.155 e. The van der Waals surface area contributed by atoms with Gasteiger partial charge in [0.2, 0.25) is 0 Å². The number of hydrogen-bond acceptors (Lipinski definition) is 4. The topological polar surface area (TPSA) is 71.5 Å². The molecule has 0 fully saturated rings. The first kappa shape index (κ1) is 15.7. The Morgan fingerprint density at radius 2 is 2.00 bits per heavy atom. The van der Waals surface area contributed by atoms with Gasteiger partial charge >= 0.3 is 0 Å². The van der Waals surface area contributed by atoms with Crippen LogP contribution in [0.15, 0.2) is 47.5 Å². The SMILES string of the molecule is CC(=N)CC(C)=Nc1ccc(N)cc1Oc1cccc(F)c1. The van der Waals surface area contributed by atoms with Crippen LogP contribution in [0.3, 0.4) is 0 Å². The molecule has 0 heterocycles. The zero-order chi connectivity index (χ0) is 16.1. The average Bonchev–Trinajstić information content (AvgIpc) is 2.41. The molecule has 2 rings (SSSR count). The molecule has 0 saturated heterocycles. The molecule has 2 aromatic rings. The highest BCUT2D eigenvalue weighted by Crippen LogP contribution is 2.34. The number of nitrogens with one attached hydrogen (secondary N) is 1. The van der Waals surface area contributed by atoms with Crippen LogP contribution in [0, 0.1) is 11.2 Å². The minimum Gasteiger partial charge on any atom is -0.455 e. The second kappa shape index (κ2) is 6.85. The number of nitrogens with two attached hydrogens (primary N) is 1. The van der Waals surface area contributed by atoms with Crippen molar-refractivity contribution in [3.8, 4) is 11.5 Å². The maximum atomic E-state index is 13.2. The van der Waals surface area contributed by atoms with Crippen molar-refractivity contribution in [3.63, 3.8) is 0 Å². The van der Waals surface area contributed by atoms with Gasteiger partial charge in [-0.05, 0) is 38.1 Å². The van der Waals surface area contributed by atoms with Crippen LogP contribution in [0.2, 0.25) is 0 Å². The zero-order valence-corrected chi connectivity index (χ0v) is 12.6. The van der Waals surface area contributed by atoms with E-state index in [2.05, 4.69) is 4.99 Å². The van der Waals surface area contributed by atoms with Crippen LogP contribution in [0.5, 0.6) is 11.5 Å². The summed E-state index contributed by atoms with van der Waals surface area (Å²) in [6.45, 7) is 3.58. The van der Waals surface area contributed by atoms with Crippen LogP contribution in [0.1, 0.15) is 20.3 Å². The van der Waals surface area contributed by atoms with Crippen molar-refractivity contribution in [2.45, 2.75) is 20.3 Å². The molecule has 0 spiro atoms. The van der Waals surface area contributed by atoms with E-state index < -0.39 is 0 Å². The highest BCUT2D eigenvalue weighted by Gasteiger charge is 2.07. The van der Waals surface area contributed by atoms with Gasteiger partial charge in [0.1, 0.15) is 17.3 Å². The number of nitrogens with zero attached hydrogens (tertiary/aromatic N) is 1. The third-order valence-corrected chi connectivity index (χ3v) is 2.84. The molecule has 0 bridgehead atoms. The van der Waals surface area contributed by atoms with Crippen LogP contribution in [-0.2, 0) is 0 Å². The number of ether oxygens (including phenoxy) is 1. The fourth-order valence-corrected chi connectivity index (χ4v) is 1.99. The lowest BCUT2D eigenvalue weighted by molar-refractivity contribution is 0.478. The molecule has 2 aromatic carbocycles. The minimum atomic E-state index is -0.373. The summed E-state index contributed by atoms with van der Waals surface area (Å²) in [5.41, 5.74) is 8.24. The Bertz CT molecular complexity index is 726. The molecule has 5 heteroatoms. The smallest absolute Gasteiger partial charge is 0.155 e. The Morgan fingerprint density at radius 1 is 1.23 bits per heavy atom. The number of aliphatic imine (C=N–C) groups is 1. The number of rotatable bonds is 5. The highest BCUT2D eigenvalue weighted by atomic mass is 19.1. The summed E-state index contributed by atoms with van der Waals surface area (Å²) < 4.78 is 18.9. The predicted octanol–water partition coefficient (Wildman–Crippen LogP) is 4.72. The number of nitrogen functional groups attached to an aromatic ring is 1. The van der Waals surface area contributed by atoms with E-state index in [0.717, 1.165) is 5.71 Å². The number of halogens is 1. The third-order valence-electron chi connectivity index (χ3n) is 2.84. The molecule has 0 aromatic heterocycles. The molecule has 0 atom stereocenters. The van der Waals surface area contributed by atoms with Crippen molar-refractivity contribution in [1.29, 1.82) is 5.41 Å². The van der Waals surface area contributed by atoms with E-state index >= 15 is 0 Å². The van der Waals surface area contributed by atoms with Gasteiger partial charge in [-0.25, -0.2) is 4.39 Å². The molecule has 22 heavy (non-hydrogen) atoms. The van der Waals surface area contributed by atoms with Crippen LogP contribution in [0.25, 0.3) is 0 Å². The maximum absolute atomic E-state index is 13.2. The monoisotopic (exact) mass is 299 g/mol. The second-order valence-electron chi connectivity index (χ2n) is 5.09. The summed E-state index contributed by atoms with van der Waals surface area (Å²) in [4.78, 5) is 4.46. The predicted molar refractivity (Wildman–Crippen MR) is 88.1 cm³/mol. The van der Waals surface area contributed by atoms with Gasteiger partial charge in [-0.3, -0.25) is 4.99 Å². The van der Waals surface area contributed by atoms with Gasteiger partial charge in [-0.1, -0.05) is 6.07 Å². The Balaban J connectivity index is 2.34. The van der Waals surface area contributed by atoms with Gasteiger partial charge in [0.25, 0.3) is 0 Å².